The Hall–Kier alpha value is -2.08. The van der Waals surface area contributed by atoms with Crippen LogP contribution in [0.15, 0.2) is 24.5 Å². The lowest BCUT2D eigenvalue weighted by Gasteiger charge is -2.10. The maximum atomic E-state index is 11.1. The van der Waals surface area contributed by atoms with Crippen LogP contribution in [0.1, 0.15) is 29.5 Å². The number of ether oxygens (including phenoxy) is 1. The Morgan fingerprint density at radius 2 is 2.30 bits per heavy atom. The average Bonchev–Trinajstić information content (AvgIpc) is 2.84. The lowest BCUT2D eigenvalue weighted by molar-refractivity contribution is 0.0691. The van der Waals surface area contributed by atoms with Gasteiger partial charge < -0.3 is 9.84 Å². The first-order valence-corrected chi connectivity index (χ1v) is 6.52. The van der Waals surface area contributed by atoms with Gasteiger partial charge in [0.05, 0.1) is 0 Å². The molecule has 2 rings (SSSR count). The molecule has 6 nitrogen and oxygen atoms in total. The first-order valence-electron chi connectivity index (χ1n) is 6.14. The van der Waals surface area contributed by atoms with Gasteiger partial charge in [0.1, 0.15) is 24.2 Å². The van der Waals surface area contributed by atoms with Gasteiger partial charge in [-0.05, 0) is 24.6 Å². The summed E-state index contributed by atoms with van der Waals surface area (Å²) in [5, 5.41) is 13.6. The molecule has 1 aromatic carbocycles. The number of carboxylic acids is 1. The van der Waals surface area contributed by atoms with Crippen molar-refractivity contribution >= 4 is 17.6 Å². The van der Waals surface area contributed by atoms with Crippen LogP contribution in [0.3, 0.4) is 0 Å². The Bertz CT molecular complexity index is 613. The van der Waals surface area contributed by atoms with E-state index in [1.54, 1.807) is 4.68 Å². The second kappa shape index (κ2) is 6.38. The van der Waals surface area contributed by atoms with E-state index >= 15 is 0 Å². The normalized spacial score (nSPS) is 10.5. The molecular weight excluding hydrogens is 282 g/mol. The minimum Gasteiger partial charge on any atom is -0.485 e. The Morgan fingerprint density at radius 3 is 3.00 bits per heavy atom. The quantitative estimate of drug-likeness (QED) is 0.886. The van der Waals surface area contributed by atoms with Crippen molar-refractivity contribution in [3.05, 3.63) is 40.9 Å². The molecule has 0 saturated heterocycles. The van der Waals surface area contributed by atoms with Crippen molar-refractivity contribution < 1.29 is 14.6 Å². The number of rotatable bonds is 6. The van der Waals surface area contributed by atoms with Crippen molar-refractivity contribution in [3.63, 3.8) is 0 Å². The molecule has 0 spiro atoms. The van der Waals surface area contributed by atoms with Gasteiger partial charge in [0.2, 0.25) is 0 Å². The second-order valence-corrected chi connectivity index (χ2v) is 4.57. The molecule has 0 atom stereocenters. The topological polar surface area (TPSA) is 77.2 Å². The Balaban J connectivity index is 2.16. The van der Waals surface area contributed by atoms with Gasteiger partial charge in [0, 0.05) is 11.6 Å². The van der Waals surface area contributed by atoms with E-state index in [4.69, 9.17) is 21.4 Å². The van der Waals surface area contributed by atoms with Crippen LogP contribution in [0.4, 0.5) is 0 Å². The van der Waals surface area contributed by atoms with Crippen LogP contribution >= 0.6 is 11.6 Å². The maximum absolute atomic E-state index is 11.1. The maximum Gasteiger partial charge on any atom is 0.339 e. The van der Waals surface area contributed by atoms with Gasteiger partial charge in [-0.1, -0.05) is 18.5 Å². The van der Waals surface area contributed by atoms with E-state index in [-0.39, 0.29) is 17.9 Å². The summed E-state index contributed by atoms with van der Waals surface area (Å²) in [6, 6.07) is 4.40. The molecule has 0 unspecified atom stereocenters. The van der Waals surface area contributed by atoms with Crippen molar-refractivity contribution in [2.45, 2.75) is 26.5 Å². The average molecular weight is 296 g/mol. The largest absolute Gasteiger partial charge is 0.485 e. The lowest BCUT2D eigenvalue weighted by atomic mass is 10.2. The molecule has 0 bridgehead atoms. The summed E-state index contributed by atoms with van der Waals surface area (Å²) in [5.74, 6) is -0.203. The fraction of sp³-hybridized carbons (Fsp3) is 0.308. The molecule has 0 saturated carbocycles. The van der Waals surface area contributed by atoms with Crippen LogP contribution < -0.4 is 4.74 Å². The SMILES string of the molecule is CCCn1ncnc1COc1cc(Cl)ccc1C(=O)O. The van der Waals surface area contributed by atoms with Crippen LogP contribution in [0, 0.1) is 0 Å². The number of benzene rings is 1. The van der Waals surface area contributed by atoms with Gasteiger partial charge in [0.15, 0.2) is 5.82 Å². The molecular formula is C13H14ClN3O3. The first kappa shape index (κ1) is 14.3. The number of hydrogen-bond acceptors (Lipinski definition) is 4. The van der Waals surface area contributed by atoms with E-state index in [1.807, 2.05) is 6.92 Å². The number of aromatic carboxylic acids is 1. The van der Waals surface area contributed by atoms with E-state index < -0.39 is 5.97 Å². The number of carboxylic acid groups (broad SMARTS) is 1. The number of carbonyl (C=O) groups is 1. The van der Waals surface area contributed by atoms with Gasteiger partial charge >= 0.3 is 5.97 Å². The molecule has 0 amide bonds. The van der Waals surface area contributed by atoms with Gasteiger partial charge in [-0.2, -0.15) is 5.10 Å². The molecule has 0 aliphatic heterocycles. The van der Waals surface area contributed by atoms with Crippen molar-refractivity contribution in [1.82, 2.24) is 14.8 Å². The van der Waals surface area contributed by atoms with Crippen molar-refractivity contribution in [3.8, 4) is 5.75 Å². The van der Waals surface area contributed by atoms with Crippen LogP contribution in [-0.2, 0) is 13.2 Å². The summed E-state index contributed by atoms with van der Waals surface area (Å²) >= 11 is 5.86. The highest BCUT2D eigenvalue weighted by Crippen LogP contribution is 2.24. The Labute approximate surface area is 121 Å². The molecule has 106 valence electrons. The molecule has 2 aromatic rings. The predicted molar refractivity (Wildman–Crippen MR) is 73.1 cm³/mol. The van der Waals surface area contributed by atoms with Crippen LogP contribution in [0.2, 0.25) is 5.02 Å². The fourth-order valence-corrected chi connectivity index (χ4v) is 1.90. The first-order chi connectivity index (χ1) is 9.61. The van der Waals surface area contributed by atoms with Crippen LogP contribution in [0.5, 0.6) is 5.75 Å². The van der Waals surface area contributed by atoms with Crippen molar-refractivity contribution in [2.75, 3.05) is 0 Å². The van der Waals surface area contributed by atoms with Gasteiger partial charge in [-0.25, -0.2) is 14.5 Å². The third-order valence-corrected chi connectivity index (χ3v) is 2.90. The Kier molecular flexibility index (Phi) is 4.57. The van der Waals surface area contributed by atoms with Gasteiger partial charge in [-0.3, -0.25) is 0 Å². The highest BCUT2D eigenvalue weighted by atomic mass is 35.5. The summed E-state index contributed by atoms with van der Waals surface area (Å²) in [5.41, 5.74) is 0.0657. The standard InChI is InChI=1S/C13H14ClN3O3/c1-2-5-17-12(15-8-16-17)7-20-11-6-9(14)3-4-10(11)13(18)19/h3-4,6,8H,2,5,7H2,1H3,(H,18,19). The zero-order valence-electron chi connectivity index (χ0n) is 10.9. The van der Waals surface area contributed by atoms with E-state index in [0.29, 0.717) is 10.8 Å². The molecule has 0 fully saturated rings. The van der Waals surface area contributed by atoms with Gasteiger partial charge in [-0.15, -0.1) is 0 Å². The second-order valence-electron chi connectivity index (χ2n) is 4.13. The highest BCUT2D eigenvalue weighted by Gasteiger charge is 2.13. The smallest absolute Gasteiger partial charge is 0.339 e. The number of nitrogens with zero attached hydrogens (tertiary/aromatic N) is 3. The highest BCUT2D eigenvalue weighted by molar-refractivity contribution is 6.30. The molecule has 0 radical (unpaired) electrons. The summed E-state index contributed by atoms with van der Waals surface area (Å²) < 4.78 is 7.25. The molecule has 0 aliphatic rings. The molecule has 1 aromatic heterocycles. The number of halogens is 1. The zero-order valence-corrected chi connectivity index (χ0v) is 11.7. The van der Waals surface area contributed by atoms with Crippen LogP contribution in [0.25, 0.3) is 0 Å². The van der Waals surface area contributed by atoms with E-state index in [2.05, 4.69) is 10.1 Å². The van der Waals surface area contributed by atoms with Crippen molar-refractivity contribution in [2.24, 2.45) is 0 Å². The van der Waals surface area contributed by atoms with Crippen LogP contribution in [-0.4, -0.2) is 25.8 Å². The number of aromatic nitrogens is 3. The van der Waals surface area contributed by atoms with Gasteiger partial charge in [0.25, 0.3) is 0 Å². The monoisotopic (exact) mass is 295 g/mol. The zero-order chi connectivity index (χ0) is 14.5. The number of hydrogen-bond donors (Lipinski definition) is 1. The molecule has 20 heavy (non-hydrogen) atoms. The molecule has 0 aliphatic carbocycles. The van der Waals surface area contributed by atoms with E-state index in [9.17, 15) is 4.79 Å². The predicted octanol–water partition coefficient (Wildman–Crippen LogP) is 2.62. The fourth-order valence-electron chi connectivity index (χ4n) is 1.73. The Morgan fingerprint density at radius 1 is 1.50 bits per heavy atom. The van der Waals surface area contributed by atoms with E-state index in [0.717, 1.165) is 13.0 Å². The minimum atomic E-state index is -1.06. The summed E-state index contributed by atoms with van der Waals surface area (Å²) in [4.78, 5) is 15.2. The lowest BCUT2D eigenvalue weighted by Crippen LogP contribution is -2.10. The molecule has 1 N–H and O–H groups in total. The third-order valence-electron chi connectivity index (χ3n) is 2.66. The van der Waals surface area contributed by atoms with E-state index in [1.165, 1.54) is 24.5 Å². The molecule has 1 heterocycles. The van der Waals surface area contributed by atoms with Crippen molar-refractivity contribution in [1.29, 1.82) is 0 Å². The summed E-state index contributed by atoms with van der Waals surface area (Å²) in [7, 11) is 0. The molecule has 7 heteroatoms. The minimum absolute atomic E-state index is 0.0657. The third kappa shape index (κ3) is 3.27. The summed E-state index contributed by atoms with van der Waals surface area (Å²) in [6.45, 7) is 2.91. The summed E-state index contributed by atoms with van der Waals surface area (Å²) in [6.07, 6.45) is 2.37. The number of aryl methyl sites for hydroxylation is 1.